The molecule has 3 rings (SSSR count). The van der Waals surface area contributed by atoms with Crippen molar-refractivity contribution >= 4 is 9.84 Å². The standard InChI is InChI=1S/C15H12FN3O2S/c16-12-6-8-14(9-7-12)22(20,21)10-15-17-11-18-19(15)13-4-2-1-3-5-13/h1-9,11H,10H2. The number of hydrogen-bond donors (Lipinski definition) is 0. The van der Waals surface area contributed by atoms with Gasteiger partial charge in [-0.2, -0.15) is 5.10 Å². The van der Waals surface area contributed by atoms with Crippen LogP contribution in [0.2, 0.25) is 0 Å². The third-order valence-electron chi connectivity index (χ3n) is 3.11. The number of benzene rings is 2. The molecule has 0 fully saturated rings. The van der Waals surface area contributed by atoms with Crippen molar-refractivity contribution in [2.45, 2.75) is 10.6 Å². The summed E-state index contributed by atoms with van der Waals surface area (Å²) in [6, 6.07) is 13.9. The van der Waals surface area contributed by atoms with Crippen LogP contribution in [-0.2, 0) is 15.6 Å². The minimum atomic E-state index is -3.62. The smallest absolute Gasteiger partial charge is 0.185 e. The molecule has 0 aliphatic heterocycles. The molecule has 0 N–H and O–H groups in total. The van der Waals surface area contributed by atoms with Crippen LogP contribution in [0.1, 0.15) is 5.82 Å². The van der Waals surface area contributed by atoms with Gasteiger partial charge in [0, 0.05) is 0 Å². The summed E-state index contributed by atoms with van der Waals surface area (Å²) in [7, 11) is -3.62. The predicted molar refractivity (Wildman–Crippen MR) is 78.6 cm³/mol. The van der Waals surface area contributed by atoms with Crippen molar-refractivity contribution in [1.82, 2.24) is 14.8 Å². The second-order valence-corrected chi connectivity index (χ2v) is 6.63. The van der Waals surface area contributed by atoms with Crippen LogP contribution in [0.25, 0.3) is 5.69 Å². The SMILES string of the molecule is O=S(=O)(Cc1ncnn1-c1ccccc1)c1ccc(F)cc1. The summed E-state index contributed by atoms with van der Waals surface area (Å²) in [4.78, 5) is 4.07. The van der Waals surface area contributed by atoms with E-state index in [9.17, 15) is 12.8 Å². The molecule has 0 aliphatic rings. The van der Waals surface area contributed by atoms with Crippen molar-refractivity contribution in [2.75, 3.05) is 0 Å². The highest BCUT2D eigenvalue weighted by Crippen LogP contribution is 2.17. The van der Waals surface area contributed by atoms with Gasteiger partial charge in [-0.15, -0.1) is 0 Å². The number of sulfone groups is 1. The zero-order valence-corrected chi connectivity index (χ0v) is 12.2. The second kappa shape index (κ2) is 5.69. The fraction of sp³-hybridized carbons (Fsp3) is 0.0667. The molecular formula is C15H12FN3O2S. The Bertz CT molecular complexity index is 875. The average molecular weight is 317 g/mol. The van der Waals surface area contributed by atoms with Gasteiger partial charge in [0.25, 0.3) is 0 Å². The maximum Gasteiger partial charge on any atom is 0.185 e. The summed E-state index contributed by atoms with van der Waals surface area (Å²) >= 11 is 0. The van der Waals surface area contributed by atoms with Crippen molar-refractivity contribution in [1.29, 1.82) is 0 Å². The molecule has 112 valence electrons. The lowest BCUT2D eigenvalue weighted by Gasteiger charge is -2.07. The highest BCUT2D eigenvalue weighted by Gasteiger charge is 2.19. The Balaban J connectivity index is 1.94. The van der Waals surface area contributed by atoms with Crippen LogP contribution in [0.5, 0.6) is 0 Å². The summed E-state index contributed by atoms with van der Waals surface area (Å²) in [5.74, 6) is -0.491. The van der Waals surface area contributed by atoms with Gasteiger partial charge in [0.2, 0.25) is 0 Å². The molecule has 0 unspecified atom stereocenters. The lowest BCUT2D eigenvalue weighted by atomic mass is 10.3. The van der Waals surface area contributed by atoms with E-state index in [1.165, 1.54) is 23.1 Å². The minimum Gasteiger partial charge on any atom is -0.223 e. The van der Waals surface area contributed by atoms with Crippen LogP contribution in [0, 0.1) is 5.82 Å². The van der Waals surface area contributed by atoms with Crippen LogP contribution < -0.4 is 0 Å². The van der Waals surface area contributed by atoms with Crippen LogP contribution in [0.3, 0.4) is 0 Å². The van der Waals surface area contributed by atoms with E-state index < -0.39 is 15.7 Å². The maximum atomic E-state index is 12.9. The number of nitrogens with zero attached hydrogens (tertiary/aromatic N) is 3. The maximum absolute atomic E-state index is 12.9. The summed E-state index contributed by atoms with van der Waals surface area (Å²) < 4.78 is 39.2. The first-order valence-corrected chi connectivity index (χ1v) is 8.14. The molecule has 0 atom stereocenters. The molecule has 2 aromatic carbocycles. The fourth-order valence-electron chi connectivity index (χ4n) is 2.04. The molecule has 5 nitrogen and oxygen atoms in total. The summed E-state index contributed by atoms with van der Waals surface area (Å²) in [6.45, 7) is 0. The minimum absolute atomic E-state index is 0.0523. The molecular weight excluding hydrogens is 305 g/mol. The second-order valence-electron chi connectivity index (χ2n) is 4.64. The quantitative estimate of drug-likeness (QED) is 0.693. The third kappa shape index (κ3) is 2.89. The van der Waals surface area contributed by atoms with Gasteiger partial charge in [-0.05, 0) is 36.4 Å². The van der Waals surface area contributed by atoms with E-state index in [0.29, 0.717) is 5.82 Å². The van der Waals surface area contributed by atoms with E-state index in [4.69, 9.17) is 0 Å². The molecule has 0 spiro atoms. The molecule has 0 radical (unpaired) electrons. The van der Waals surface area contributed by atoms with Gasteiger partial charge in [0.15, 0.2) is 9.84 Å². The summed E-state index contributed by atoms with van der Waals surface area (Å²) in [6.07, 6.45) is 1.31. The third-order valence-corrected chi connectivity index (χ3v) is 4.74. The van der Waals surface area contributed by atoms with Crippen molar-refractivity contribution in [2.24, 2.45) is 0 Å². The van der Waals surface area contributed by atoms with Gasteiger partial charge in [-0.25, -0.2) is 22.5 Å². The monoisotopic (exact) mass is 317 g/mol. The number of para-hydroxylation sites is 1. The van der Waals surface area contributed by atoms with E-state index >= 15 is 0 Å². The number of halogens is 1. The molecule has 0 amide bonds. The molecule has 22 heavy (non-hydrogen) atoms. The zero-order valence-electron chi connectivity index (χ0n) is 11.4. The Labute approximate surface area is 127 Å². The molecule has 0 saturated heterocycles. The molecule has 1 aromatic heterocycles. The molecule has 7 heteroatoms. The topological polar surface area (TPSA) is 64.8 Å². The number of rotatable bonds is 4. The highest BCUT2D eigenvalue weighted by atomic mass is 32.2. The van der Waals surface area contributed by atoms with Gasteiger partial charge < -0.3 is 0 Å². The van der Waals surface area contributed by atoms with Gasteiger partial charge in [0.05, 0.1) is 10.6 Å². The number of aromatic nitrogens is 3. The first-order valence-electron chi connectivity index (χ1n) is 6.49. The Kier molecular flexibility index (Phi) is 3.72. The van der Waals surface area contributed by atoms with Crippen LogP contribution in [-0.4, -0.2) is 23.2 Å². The first-order chi connectivity index (χ1) is 10.6. The Morgan fingerprint density at radius 3 is 2.36 bits per heavy atom. The van der Waals surface area contributed by atoms with Crippen molar-refractivity contribution in [3.05, 3.63) is 72.6 Å². The van der Waals surface area contributed by atoms with E-state index in [-0.39, 0.29) is 10.6 Å². The predicted octanol–water partition coefficient (Wildman–Crippen LogP) is 2.38. The highest BCUT2D eigenvalue weighted by molar-refractivity contribution is 7.90. The molecule has 1 heterocycles. The van der Waals surface area contributed by atoms with Gasteiger partial charge in [0.1, 0.15) is 23.7 Å². The van der Waals surface area contributed by atoms with E-state index in [2.05, 4.69) is 10.1 Å². The van der Waals surface area contributed by atoms with Crippen molar-refractivity contribution in [3.8, 4) is 5.69 Å². The Morgan fingerprint density at radius 1 is 1.00 bits per heavy atom. The van der Waals surface area contributed by atoms with E-state index in [1.807, 2.05) is 30.3 Å². The van der Waals surface area contributed by atoms with Crippen LogP contribution in [0.15, 0.2) is 65.8 Å². The van der Waals surface area contributed by atoms with E-state index in [1.54, 1.807) is 0 Å². The van der Waals surface area contributed by atoms with Gasteiger partial charge in [-0.3, -0.25) is 0 Å². The van der Waals surface area contributed by atoms with Gasteiger partial charge >= 0.3 is 0 Å². The summed E-state index contributed by atoms with van der Waals surface area (Å²) in [5, 5.41) is 4.06. The fourth-order valence-corrected chi connectivity index (χ4v) is 3.30. The Hall–Kier alpha value is -2.54. The van der Waals surface area contributed by atoms with Crippen LogP contribution >= 0.6 is 0 Å². The molecule has 0 bridgehead atoms. The van der Waals surface area contributed by atoms with Crippen molar-refractivity contribution in [3.63, 3.8) is 0 Å². The van der Waals surface area contributed by atoms with Crippen LogP contribution in [0.4, 0.5) is 4.39 Å². The largest absolute Gasteiger partial charge is 0.223 e. The lowest BCUT2D eigenvalue weighted by Crippen LogP contribution is -2.11. The molecule has 3 aromatic rings. The van der Waals surface area contributed by atoms with E-state index in [0.717, 1.165) is 17.8 Å². The zero-order chi connectivity index (χ0) is 15.6. The number of hydrogen-bond acceptors (Lipinski definition) is 4. The van der Waals surface area contributed by atoms with Gasteiger partial charge in [-0.1, -0.05) is 18.2 Å². The lowest BCUT2D eigenvalue weighted by molar-refractivity contribution is 0.591. The average Bonchev–Trinajstić information content (AvgIpc) is 2.96. The van der Waals surface area contributed by atoms with Crippen molar-refractivity contribution < 1.29 is 12.8 Å². The first kappa shape index (κ1) is 14.4. The Morgan fingerprint density at radius 2 is 1.68 bits per heavy atom. The normalized spacial score (nSPS) is 11.5. The summed E-state index contributed by atoms with van der Waals surface area (Å²) in [5.41, 5.74) is 0.726. The molecule has 0 saturated carbocycles. The molecule has 0 aliphatic carbocycles.